The molecular formula is C33H38O6. The minimum absolute atomic E-state index is 0.0101. The van der Waals surface area contributed by atoms with Gasteiger partial charge in [0.1, 0.15) is 18.0 Å². The number of ether oxygens (including phenoxy) is 1. The Balaban J connectivity index is 1.64. The highest BCUT2D eigenvalue weighted by molar-refractivity contribution is 5.97. The summed E-state index contributed by atoms with van der Waals surface area (Å²) in [5.41, 5.74) is 3.03. The smallest absolute Gasteiger partial charge is 0.224 e. The molecule has 2 unspecified atom stereocenters. The zero-order valence-corrected chi connectivity index (χ0v) is 22.7. The van der Waals surface area contributed by atoms with Crippen LogP contribution in [0.5, 0.6) is 0 Å². The summed E-state index contributed by atoms with van der Waals surface area (Å²) in [5.74, 6) is -1.03. The molecule has 0 bridgehead atoms. The molecule has 1 fully saturated rings. The summed E-state index contributed by atoms with van der Waals surface area (Å²) in [6.45, 7) is 6.05. The predicted octanol–water partition coefficient (Wildman–Crippen LogP) is 4.11. The molecule has 1 aliphatic rings. The van der Waals surface area contributed by atoms with Crippen LogP contribution in [0.1, 0.15) is 60.3 Å². The average molecular weight is 531 g/mol. The number of ketones is 1. The summed E-state index contributed by atoms with van der Waals surface area (Å²) < 4.78 is 5.99. The van der Waals surface area contributed by atoms with Gasteiger partial charge in [0.05, 0.1) is 6.10 Å². The summed E-state index contributed by atoms with van der Waals surface area (Å²) in [7, 11) is 0. The van der Waals surface area contributed by atoms with Crippen LogP contribution < -0.4 is 0 Å². The van der Waals surface area contributed by atoms with Crippen molar-refractivity contribution in [1.82, 2.24) is 0 Å². The van der Waals surface area contributed by atoms with Gasteiger partial charge in [0.15, 0.2) is 6.10 Å². The van der Waals surface area contributed by atoms with E-state index in [1.165, 1.54) is 0 Å². The molecule has 39 heavy (non-hydrogen) atoms. The molecule has 3 aromatic rings. The Morgan fingerprint density at radius 1 is 0.846 bits per heavy atom. The van der Waals surface area contributed by atoms with Gasteiger partial charge in [-0.15, -0.1) is 0 Å². The van der Waals surface area contributed by atoms with E-state index in [1.54, 1.807) is 12.1 Å². The van der Waals surface area contributed by atoms with Gasteiger partial charge < -0.3 is 25.2 Å². The van der Waals surface area contributed by atoms with Gasteiger partial charge in [-0.2, -0.15) is 0 Å². The van der Waals surface area contributed by atoms with Crippen molar-refractivity contribution in [3.8, 4) is 0 Å². The SMILES string of the molecule is CCc1cccc(C=C2OC(c3cccc(CC)c3)[C@@]2(O)C(=O)[C@H](O)[C@H](O)C(O)Cc2cccc(CC)c2)c1. The number of hydrogen-bond donors (Lipinski definition) is 4. The number of hydrogen-bond acceptors (Lipinski definition) is 6. The first-order valence-corrected chi connectivity index (χ1v) is 13.7. The Kier molecular flexibility index (Phi) is 9.03. The van der Waals surface area contributed by atoms with Gasteiger partial charge in [-0.05, 0) is 58.7 Å². The highest BCUT2D eigenvalue weighted by Crippen LogP contribution is 2.49. The molecule has 1 heterocycles. The molecular weight excluding hydrogens is 492 g/mol. The first-order chi connectivity index (χ1) is 18.7. The molecule has 3 aromatic carbocycles. The molecule has 206 valence electrons. The Labute approximate surface area is 230 Å². The maximum absolute atomic E-state index is 13.7. The zero-order valence-electron chi connectivity index (χ0n) is 22.7. The van der Waals surface area contributed by atoms with Crippen molar-refractivity contribution < 1.29 is 30.0 Å². The lowest BCUT2D eigenvalue weighted by atomic mass is 9.76. The van der Waals surface area contributed by atoms with Crippen molar-refractivity contribution in [2.45, 2.75) is 76.5 Å². The minimum Gasteiger partial charge on any atom is -0.482 e. The highest BCUT2D eigenvalue weighted by atomic mass is 16.6. The number of carbonyl (C=O) groups excluding carboxylic acids is 1. The van der Waals surface area contributed by atoms with Crippen molar-refractivity contribution in [3.05, 3.63) is 112 Å². The van der Waals surface area contributed by atoms with Crippen molar-refractivity contribution in [1.29, 1.82) is 0 Å². The lowest BCUT2D eigenvalue weighted by molar-refractivity contribution is -0.203. The van der Waals surface area contributed by atoms with Gasteiger partial charge in [0.2, 0.25) is 11.4 Å². The van der Waals surface area contributed by atoms with E-state index in [1.807, 2.05) is 87.5 Å². The maximum atomic E-state index is 13.7. The lowest BCUT2D eigenvalue weighted by Crippen LogP contribution is -2.62. The monoisotopic (exact) mass is 530 g/mol. The van der Waals surface area contributed by atoms with E-state index in [0.717, 1.165) is 47.1 Å². The van der Waals surface area contributed by atoms with E-state index in [4.69, 9.17) is 4.74 Å². The normalized spacial score (nSPS) is 22.0. The quantitative estimate of drug-likeness (QED) is 0.297. The fourth-order valence-corrected chi connectivity index (χ4v) is 5.04. The van der Waals surface area contributed by atoms with Gasteiger partial charge in [-0.3, -0.25) is 4.79 Å². The Hall–Kier alpha value is -3.29. The second-order valence-corrected chi connectivity index (χ2v) is 10.2. The second kappa shape index (κ2) is 12.3. The van der Waals surface area contributed by atoms with Gasteiger partial charge in [-0.1, -0.05) is 93.6 Å². The molecule has 0 aromatic heterocycles. The Morgan fingerprint density at radius 2 is 1.41 bits per heavy atom. The molecule has 0 saturated carbocycles. The van der Waals surface area contributed by atoms with Crippen LogP contribution in [0.4, 0.5) is 0 Å². The molecule has 5 atom stereocenters. The average Bonchev–Trinajstić information content (AvgIpc) is 2.97. The molecule has 4 rings (SSSR count). The Morgan fingerprint density at radius 3 is 2.08 bits per heavy atom. The maximum Gasteiger partial charge on any atom is 0.224 e. The van der Waals surface area contributed by atoms with Crippen LogP contribution in [-0.2, 0) is 35.2 Å². The van der Waals surface area contributed by atoms with Crippen LogP contribution in [0.2, 0.25) is 0 Å². The lowest BCUT2D eigenvalue weighted by Gasteiger charge is -2.47. The standard InChI is InChI=1S/C33H38O6/c1-4-21-10-7-13-24(16-21)19-27(34)29(35)30(36)31(37)33(38)28(20-25-14-8-11-22(5-2)17-25)39-32(33)26-15-9-12-23(6-3)18-26/h7-18,20,27,29-30,32,34-36,38H,4-6,19H2,1-3H3/t27?,29-,30-,32?,33+/m1/s1. The molecule has 0 amide bonds. The number of aryl methyl sites for hydroxylation is 3. The molecule has 0 aliphatic carbocycles. The highest BCUT2D eigenvalue weighted by Gasteiger charge is 2.61. The van der Waals surface area contributed by atoms with Gasteiger partial charge in [0.25, 0.3) is 0 Å². The van der Waals surface area contributed by atoms with Crippen LogP contribution in [0.3, 0.4) is 0 Å². The van der Waals surface area contributed by atoms with Crippen molar-refractivity contribution in [2.75, 3.05) is 0 Å². The minimum atomic E-state index is -2.23. The summed E-state index contributed by atoms with van der Waals surface area (Å²) in [6, 6.07) is 22.6. The van der Waals surface area contributed by atoms with Crippen LogP contribution in [0.25, 0.3) is 6.08 Å². The molecule has 0 spiro atoms. The van der Waals surface area contributed by atoms with Crippen molar-refractivity contribution in [2.24, 2.45) is 0 Å². The molecule has 1 saturated heterocycles. The summed E-state index contributed by atoms with van der Waals surface area (Å²) >= 11 is 0. The van der Waals surface area contributed by atoms with Gasteiger partial charge in [-0.25, -0.2) is 0 Å². The molecule has 4 N–H and O–H groups in total. The molecule has 1 aliphatic heterocycles. The number of aliphatic hydroxyl groups excluding tert-OH is 3. The third kappa shape index (κ3) is 5.99. The molecule has 6 nitrogen and oxygen atoms in total. The third-order valence-electron chi connectivity index (χ3n) is 7.53. The molecule has 6 heteroatoms. The topological polar surface area (TPSA) is 107 Å². The van der Waals surface area contributed by atoms with E-state index in [2.05, 4.69) is 0 Å². The second-order valence-electron chi connectivity index (χ2n) is 10.2. The summed E-state index contributed by atoms with van der Waals surface area (Å²) in [6.07, 6.45) is -2.31. The van der Waals surface area contributed by atoms with E-state index in [0.29, 0.717) is 5.56 Å². The summed E-state index contributed by atoms with van der Waals surface area (Å²) in [5, 5.41) is 44.4. The fourth-order valence-electron chi connectivity index (χ4n) is 5.04. The van der Waals surface area contributed by atoms with E-state index >= 15 is 0 Å². The van der Waals surface area contributed by atoms with Crippen LogP contribution in [-0.4, -0.2) is 50.1 Å². The number of aliphatic hydroxyl groups is 4. The first-order valence-electron chi connectivity index (χ1n) is 13.7. The zero-order chi connectivity index (χ0) is 28.2. The van der Waals surface area contributed by atoms with E-state index in [9.17, 15) is 25.2 Å². The molecule has 0 radical (unpaired) electrons. The number of benzene rings is 3. The Bertz CT molecular complexity index is 1330. The van der Waals surface area contributed by atoms with E-state index in [-0.39, 0.29) is 12.2 Å². The van der Waals surface area contributed by atoms with E-state index < -0.39 is 35.8 Å². The van der Waals surface area contributed by atoms with Crippen LogP contribution in [0.15, 0.2) is 78.6 Å². The van der Waals surface area contributed by atoms with Crippen molar-refractivity contribution >= 4 is 11.9 Å². The third-order valence-corrected chi connectivity index (χ3v) is 7.53. The number of Topliss-reactive ketones (excluding diaryl/α,β-unsaturated/α-hetero) is 1. The fraction of sp³-hybridized carbons (Fsp3) is 0.364. The van der Waals surface area contributed by atoms with Crippen molar-refractivity contribution in [3.63, 3.8) is 0 Å². The van der Waals surface area contributed by atoms with Crippen LogP contribution in [0, 0.1) is 0 Å². The van der Waals surface area contributed by atoms with Gasteiger partial charge in [0, 0.05) is 6.42 Å². The first kappa shape index (κ1) is 28.7. The number of carbonyl (C=O) groups is 1. The van der Waals surface area contributed by atoms with Crippen LogP contribution >= 0.6 is 0 Å². The largest absolute Gasteiger partial charge is 0.482 e. The predicted molar refractivity (Wildman–Crippen MR) is 151 cm³/mol. The van der Waals surface area contributed by atoms with Gasteiger partial charge >= 0.3 is 0 Å². The summed E-state index contributed by atoms with van der Waals surface area (Å²) in [4.78, 5) is 13.7. The number of rotatable bonds is 11.